The highest BCUT2D eigenvalue weighted by atomic mass is 79.9. The van der Waals surface area contributed by atoms with Crippen molar-refractivity contribution in [1.82, 2.24) is 0 Å². The van der Waals surface area contributed by atoms with Gasteiger partial charge in [0, 0.05) is 21.6 Å². The first-order valence-corrected chi connectivity index (χ1v) is 6.08. The molecule has 2 unspecified atom stereocenters. The first kappa shape index (κ1) is 11.6. The van der Waals surface area contributed by atoms with Gasteiger partial charge in [0.15, 0.2) is 5.78 Å². The topological polar surface area (TPSA) is 52.3 Å². The van der Waals surface area contributed by atoms with Crippen LogP contribution in [0.15, 0.2) is 22.7 Å². The number of ketones is 1. The molecule has 1 aliphatic rings. The molecular weight excluding hydrogens is 270 g/mol. The molecule has 2 atom stereocenters. The van der Waals surface area contributed by atoms with Crippen LogP contribution in [0, 0.1) is 5.92 Å². The van der Waals surface area contributed by atoms with Gasteiger partial charge in [-0.3, -0.25) is 4.79 Å². The Balaban J connectivity index is 2.18. The van der Waals surface area contributed by atoms with E-state index in [-0.39, 0.29) is 17.8 Å². The van der Waals surface area contributed by atoms with E-state index in [1.54, 1.807) is 18.2 Å². The number of ether oxygens (including phenoxy) is 1. The molecule has 3 nitrogen and oxygen atoms in total. The second kappa shape index (κ2) is 4.55. The van der Waals surface area contributed by atoms with E-state index in [1.165, 1.54) is 0 Å². The molecule has 2 rings (SSSR count). The molecule has 0 saturated carbocycles. The number of carbonyl (C=O) groups is 1. The van der Waals surface area contributed by atoms with E-state index in [0.29, 0.717) is 17.9 Å². The Bertz CT molecular complexity index is 419. The average Bonchev–Trinajstić information content (AvgIpc) is 2.68. The molecule has 86 valence electrons. The van der Waals surface area contributed by atoms with Gasteiger partial charge in [0.2, 0.25) is 0 Å². The molecule has 1 aromatic rings. The summed E-state index contributed by atoms with van der Waals surface area (Å²) < 4.78 is 6.17. The largest absolute Gasteiger partial charge is 0.398 e. The number of nitrogens with two attached hydrogens (primary N) is 1. The lowest BCUT2D eigenvalue weighted by molar-refractivity contribution is 0.0877. The van der Waals surface area contributed by atoms with Crippen LogP contribution in [0.25, 0.3) is 0 Å². The van der Waals surface area contributed by atoms with Crippen molar-refractivity contribution < 1.29 is 9.53 Å². The number of halogens is 1. The van der Waals surface area contributed by atoms with E-state index in [0.717, 1.165) is 10.9 Å². The summed E-state index contributed by atoms with van der Waals surface area (Å²) in [6.45, 7) is 2.52. The summed E-state index contributed by atoms with van der Waals surface area (Å²) >= 11 is 3.33. The summed E-state index contributed by atoms with van der Waals surface area (Å²) in [6, 6.07) is 5.29. The Morgan fingerprint density at radius 3 is 2.88 bits per heavy atom. The average molecular weight is 284 g/mol. The summed E-state index contributed by atoms with van der Waals surface area (Å²) in [5.41, 5.74) is 7.03. The second-order valence-corrected chi connectivity index (χ2v) is 5.03. The van der Waals surface area contributed by atoms with Crippen LogP contribution in [0.5, 0.6) is 0 Å². The number of nitrogen functional groups attached to an aromatic ring is 1. The Morgan fingerprint density at radius 2 is 2.31 bits per heavy atom. The molecule has 0 aliphatic carbocycles. The Morgan fingerprint density at radius 1 is 1.56 bits per heavy atom. The van der Waals surface area contributed by atoms with Gasteiger partial charge >= 0.3 is 0 Å². The summed E-state index contributed by atoms with van der Waals surface area (Å²) in [5.74, 6) is 0.135. The van der Waals surface area contributed by atoms with Crippen molar-refractivity contribution in [3.05, 3.63) is 28.2 Å². The van der Waals surface area contributed by atoms with Crippen LogP contribution in [0.2, 0.25) is 0 Å². The normalized spacial score (nSPS) is 24.6. The van der Waals surface area contributed by atoms with Gasteiger partial charge in [-0.15, -0.1) is 0 Å². The number of hydrogen-bond acceptors (Lipinski definition) is 3. The lowest BCUT2D eigenvalue weighted by atomic mass is 9.95. The van der Waals surface area contributed by atoms with Crippen molar-refractivity contribution in [3.8, 4) is 0 Å². The Kier molecular flexibility index (Phi) is 3.30. The fraction of sp³-hybridized carbons (Fsp3) is 0.417. The highest BCUT2D eigenvalue weighted by Gasteiger charge is 2.28. The molecule has 1 saturated heterocycles. The molecule has 2 N–H and O–H groups in total. The molecule has 1 aliphatic heterocycles. The molecule has 0 aromatic heterocycles. The lowest BCUT2D eigenvalue weighted by Gasteiger charge is -2.08. The number of anilines is 1. The van der Waals surface area contributed by atoms with E-state index >= 15 is 0 Å². The molecule has 0 spiro atoms. The minimum absolute atomic E-state index is 0.00877. The molecule has 1 fully saturated rings. The zero-order chi connectivity index (χ0) is 11.7. The summed E-state index contributed by atoms with van der Waals surface area (Å²) in [4.78, 5) is 12.1. The van der Waals surface area contributed by atoms with Gasteiger partial charge in [0.1, 0.15) is 0 Å². The SMILES string of the molecule is CC1CC(C(=O)c2ccc(N)c(Br)c2)CO1. The third-order valence-electron chi connectivity index (χ3n) is 2.85. The predicted molar refractivity (Wildman–Crippen MR) is 66.4 cm³/mol. The van der Waals surface area contributed by atoms with Gasteiger partial charge in [-0.05, 0) is 47.5 Å². The summed E-state index contributed by atoms with van der Waals surface area (Å²) in [5, 5.41) is 0. The minimum Gasteiger partial charge on any atom is -0.398 e. The van der Waals surface area contributed by atoms with Crippen LogP contribution in [0.1, 0.15) is 23.7 Å². The monoisotopic (exact) mass is 283 g/mol. The van der Waals surface area contributed by atoms with E-state index < -0.39 is 0 Å². The minimum atomic E-state index is -0.00877. The number of carbonyl (C=O) groups excluding carboxylic acids is 1. The first-order valence-electron chi connectivity index (χ1n) is 5.28. The van der Waals surface area contributed by atoms with Crippen LogP contribution >= 0.6 is 15.9 Å². The predicted octanol–water partition coefficient (Wildman–Crippen LogP) is 2.64. The molecular formula is C12H14BrNO2. The zero-order valence-electron chi connectivity index (χ0n) is 9.07. The maximum absolute atomic E-state index is 12.1. The van der Waals surface area contributed by atoms with E-state index in [4.69, 9.17) is 10.5 Å². The van der Waals surface area contributed by atoms with Gasteiger partial charge in [-0.2, -0.15) is 0 Å². The number of hydrogen-bond donors (Lipinski definition) is 1. The number of Topliss-reactive ketones (excluding diaryl/α,β-unsaturated/α-hetero) is 1. The van der Waals surface area contributed by atoms with Gasteiger partial charge in [0.25, 0.3) is 0 Å². The molecule has 0 amide bonds. The Hall–Kier alpha value is -0.870. The first-order chi connectivity index (χ1) is 7.58. The van der Waals surface area contributed by atoms with Gasteiger partial charge in [-0.25, -0.2) is 0 Å². The standard InChI is InChI=1S/C12H14BrNO2/c1-7-4-9(6-16-7)12(15)8-2-3-11(14)10(13)5-8/h2-3,5,7,9H,4,6,14H2,1H3. The van der Waals surface area contributed by atoms with E-state index in [1.807, 2.05) is 6.92 Å². The fourth-order valence-electron chi connectivity index (χ4n) is 1.92. The van der Waals surface area contributed by atoms with Crippen LogP contribution in [-0.4, -0.2) is 18.5 Å². The molecule has 0 bridgehead atoms. The highest BCUT2D eigenvalue weighted by Crippen LogP contribution is 2.26. The van der Waals surface area contributed by atoms with Crippen LogP contribution in [0.3, 0.4) is 0 Å². The van der Waals surface area contributed by atoms with Crippen molar-refractivity contribution >= 4 is 27.4 Å². The van der Waals surface area contributed by atoms with Crippen molar-refractivity contribution in [1.29, 1.82) is 0 Å². The van der Waals surface area contributed by atoms with Gasteiger partial charge in [0.05, 0.1) is 12.7 Å². The van der Waals surface area contributed by atoms with Crippen LogP contribution in [-0.2, 0) is 4.74 Å². The van der Waals surface area contributed by atoms with Crippen molar-refractivity contribution in [2.75, 3.05) is 12.3 Å². The van der Waals surface area contributed by atoms with Crippen LogP contribution in [0.4, 0.5) is 5.69 Å². The van der Waals surface area contributed by atoms with E-state index in [9.17, 15) is 4.79 Å². The molecule has 0 radical (unpaired) electrons. The summed E-state index contributed by atoms with van der Waals surface area (Å²) in [7, 11) is 0. The third kappa shape index (κ3) is 2.28. The molecule has 1 aromatic carbocycles. The van der Waals surface area contributed by atoms with Crippen molar-refractivity contribution in [2.45, 2.75) is 19.4 Å². The van der Waals surface area contributed by atoms with Crippen LogP contribution < -0.4 is 5.73 Å². The smallest absolute Gasteiger partial charge is 0.168 e. The van der Waals surface area contributed by atoms with Crippen molar-refractivity contribution in [2.24, 2.45) is 5.92 Å². The maximum Gasteiger partial charge on any atom is 0.168 e. The third-order valence-corrected chi connectivity index (χ3v) is 3.54. The fourth-order valence-corrected chi connectivity index (χ4v) is 2.29. The molecule has 1 heterocycles. The maximum atomic E-state index is 12.1. The zero-order valence-corrected chi connectivity index (χ0v) is 10.7. The van der Waals surface area contributed by atoms with Crippen molar-refractivity contribution in [3.63, 3.8) is 0 Å². The van der Waals surface area contributed by atoms with Gasteiger partial charge < -0.3 is 10.5 Å². The van der Waals surface area contributed by atoms with Gasteiger partial charge in [-0.1, -0.05) is 0 Å². The number of benzene rings is 1. The summed E-state index contributed by atoms with van der Waals surface area (Å²) in [6.07, 6.45) is 0.993. The Labute approximate surface area is 103 Å². The molecule has 4 heteroatoms. The molecule has 16 heavy (non-hydrogen) atoms. The van der Waals surface area contributed by atoms with E-state index in [2.05, 4.69) is 15.9 Å². The quantitative estimate of drug-likeness (QED) is 0.671. The second-order valence-electron chi connectivity index (χ2n) is 4.18. The lowest BCUT2D eigenvalue weighted by Crippen LogP contribution is -2.15. The number of rotatable bonds is 2. The highest BCUT2D eigenvalue weighted by molar-refractivity contribution is 9.10.